The number of amides is 1. The molecule has 1 saturated heterocycles. The van der Waals surface area contributed by atoms with E-state index in [4.69, 9.17) is 5.11 Å². The van der Waals surface area contributed by atoms with Crippen LogP contribution in [0.1, 0.15) is 44.9 Å². The molecule has 0 radical (unpaired) electrons. The standard InChI is InChI=1S/C14H26N2O2/c17-10-12-1-3-13(4-2-12)16-14(18)9-11-5-7-15-8-6-11/h11-13,15,17H,1-10H2,(H,16,18). The Morgan fingerprint density at radius 1 is 1.06 bits per heavy atom. The quantitative estimate of drug-likeness (QED) is 0.702. The summed E-state index contributed by atoms with van der Waals surface area (Å²) in [5.41, 5.74) is 0. The van der Waals surface area contributed by atoms with Crippen molar-refractivity contribution in [3.8, 4) is 0 Å². The van der Waals surface area contributed by atoms with Crippen LogP contribution in [0.25, 0.3) is 0 Å². The number of carbonyl (C=O) groups excluding carboxylic acids is 1. The smallest absolute Gasteiger partial charge is 0.220 e. The summed E-state index contributed by atoms with van der Waals surface area (Å²) in [4.78, 5) is 11.9. The molecule has 1 heterocycles. The SMILES string of the molecule is O=C(CC1CCNCC1)NC1CCC(CO)CC1. The second-order valence-electron chi connectivity index (χ2n) is 5.87. The van der Waals surface area contributed by atoms with Crippen molar-refractivity contribution in [3.63, 3.8) is 0 Å². The highest BCUT2D eigenvalue weighted by Gasteiger charge is 2.23. The Labute approximate surface area is 110 Å². The maximum Gasteiger partial charge on any atom is 0.220 e. The van der Waals surface area contributed by atoms with E-state index in [0.717, 1.165) is 51.6 Å². The molecule has 2 rings (SSSR count). The van der Waals surface area contributed by atoms with Gasteiger partial charge in [-0.3, -0.25) is 4.79 Å². The number of rotatable bonds is 4. The van der Waals surface area contributed by atoms with E-state index in [0.29, 0.717) is 30.9 Å². The van der Waals surface area contributed by atoms with Gasteiger partial charge < -0.3 is 15.7 Å². The minimum Gasteiger partial charge on any atom is -0.396 e. The predicted molar refractivity (Wildman–Crippen MR) is 71.2 cm³/mol. The van der Waals surface area contributed by atoms with Crippen molar-refractivity contribution >= 4 is 5.91 Å². The normalized spacial score (nSPS) is 30.1. The van der Waals surface area contributed by atoms with Gasteiger partial charge >= 0.3 is 0 Å². The van der Waals surface area contributed by atoms with Gasteiger partial charge in [0.1, 0.15) is 0 Å². The first-order chi connectivity index (χ1) is 8.78. The van der Waals surface area contributed by atoms with Crippen molar-refractivity contribution in [1.29, 1.82) is 0 Å². The maximum absolute atomic E-state index is 11.9. The Bertz CT molecular complexity index is 257. The average Bonchev–Trinajstić information content (AvgIpc) is 2.40. The third kappa shape index (κ3) is 4.25. The number of aliphatic hydroxyl groups excluding tert-OH is 1. The Kier molecular flexibility index (Phi) is 5.45. The molecular weight excluding hydrogens is 228 g/mol. The zero-order valence-electron chi connectivity index (χ0n) is 11.2. The van der Waals surface area contributed by atoms with Crippen molar-refractivity contribution < 1.29 is 9.90 Å². The second-order valence-corrected chi connectivity index (χ2v) is 5.87. The molecule has 0 aromatic heterocycles. The third-order valence-electron chi connectivity index (χ3n) is 4.40. The van der Waals surface area contributed by atoms with Crippen LogP contribution in [-0.2, 0) is 4.79 Å². The van der Waals surface area contributed by atoms with E-state index in [1.165, 1.54) is 0 Å². The lowest BCUT2D eigenvalue weighted by Crippen LogP contribution is -2.39. The molecule has 3 N–H and O–H groups in total. The fourth-order valence-corrected chi connectivity index (χ4v) is 3.12. The Morgan fingerprint density at radius 2 is 1.72 bits per heavy atom. The molecule has 104 valence electrons. The first-order valence-electron chi connectivity index (χ1n) is 7.39. The summed E-state index contributed by atoms with van der Waals surface area (Å²) >= 11 is 0. The second kappa shape index (κ2) is 7.10. The van der Waals surface area contributed by atoms with Crippen molar-refractivity contribution in [2.45, 2.75) is 51.0 Å². The lowest BCUT2D eigenvalue weighted by atomic mass is 9.86. The van der Waals surface area contributed by atoms with Crippen LogP contribution in [0, 0.1) is 11.8 Å². The molecule has 2 aliphatic rings. The van der Waals surface area contributed by atoms with Crippen molar-refractivity contribution in [2.24, 2.45) is 11.8 Å². The number of hydrogen-bond donors (Lipinski definition) is 3. The molecule has 1 amide bonds. The molecule has 0 aromatic carbocycles. The van der Waals surface area contributed by atoms with E-state index in [2.05, 4.69) is 10.6 Å². The van der Waals surface area contributed by atoms with Gasteiger partial charge in [-0.05, 0) is 63.5 Å². The number of piperidine rings is 1. The van der Waals surface area contributed by atoms with Gasteiger partial charge in [0.25, 0.3) is 0 Å². The van der Waals surface area contributed by atoms with Gasteiger partial charge in [0.15, 0.2) is 0 Å². The summed E-state index contributed by atoms with van der Waals surface area (Å²) < 4.78 is 0. The highest BCUT2D eigenvalue weighted by Crippen LogP contribution is 2.24. The summed E-state index contributed by atoms with van der Waals surface area (Å²) in [5, 5.41) is 15.6. The molecule has 1 aliphatic carbocycles. The zero-order valence-corrected chi connectivity index (χ0v) is 11.2. The van der Waals surface area contributed by atoms with E-state index in [1.807, 2.05) is 0 Å². The number of carbonyl (C=O) groups is 1. The molecule has 0 unspecified atom stereocenters. The van der Waals surface area contributed by atoms with Crippen molar-refractivity contribution in [1.82, 2.24) is 10.6 Å². The predicted octanol–water partition coefficient (Wildman–Crippen LogP) is 1.04. The first-order valence-corrected chi connectivity index (χ1v) is 7.39. The topological polar surface area (TPSA) is 61.4 Å². The Morgan fingerprint density at radius 3 is 2.33 bits per heavy atom. The van der Waals surface area contributed by atoms with E-state index >= 15 is 0 Å². The van der Waals surface area contributed by atoms with Gasteiger partial charge in [0.05, 0.1) is 0 Å². The summed E-state index contributed by atoms with van der Waals surface area (Å²) in [6.45, 7) is 2.41. The molecular formula is C14H26N2O2. The van der Waals surface area contributed by atoms with Gasteiger partial charge in [-0.25, -0.2) is 0 Å². The first kappa shape index (κ1) is 13.8. The van der Waals surface area contributed by atoms with Gasteiger partial charge in [-0.2, -0.15) is 0 Å². The molecule has 1 aliphatic heterocycles. The summed E-state index contributed by atoms with van der Waals surface area (Å²) in [7, 11) is 0. The largest absolute Gasteiger partial charge is 0.396 e. The highest BCUT2D eigenvalue weighted by molar-refractivity contribution is 5.76. The zero-order chi connectivity index (χ0) is 12.8. The lowest BCUT2D eigenvalue weighted by Gasteiger charge is -2.29. The summed E-state index contributed by atoms with van der Waals surface area (Å²) in [5.74, 6) is 1.26. The Balaban J connectivity index is 1.65. The lowest BCUT2D eigenvalue weighted by molar-refractivity contribution is -0.123. The molecule has 0 bridgehead atoms. The van der Waals surface area contributed by atoms with Crippen LogP contribution in [0.5, 0.6) is 0 Å². The van der Waals surface area contributed by atoms with E-state index in [-0.39, 0.29) is 5.91 Å². The van der Waals surface area contributed by atoms with Crippen LogP contribution < -0.4 is 10.6 Å². The van der Waals surface area contributed by atoms with Crippen LogP contribution in [0.2, 0.25) is 0 Å². The molecule has 4 nitrogen and oxygen atoms in total. The minimum atomic E-state index is 0.231. The minimum absolute atomic E-state index is 0.231. The number of hydrogen-bond acceptors (Lipinski definition) is 3. The van der Waals surface area contributed by atoms with Gasteiger partial charge in [-0.1, -0.05) is 0 Å². The summed E-state index contributed by atoms with van der Waals surface area (Å²) in [6.07, 6.45) is 7.12. The number of aliphatic hydroxyl groups is 1. The van der Waals surface area contributed by atoms with Crippen LogP contribution in [0.15, 0.2) is 0 Å². The van der Waals surface area contributed by atoms with Crippen LogP contribution >= 0.6 is 0 Å². The molecule has 4 heteroatoms. The van der Waals surface area contributed by atoms with E-state index in [9.17, 15) is 4.79 Å². The summed E-state index contributed by atoms with van der Waals surface area (Å²) in [6, 6.07) is 0.349. The van der Waals surface area contributed by atoms with E-state index in [1.54, 1.807) is 0 Å². The van der Waals surface area contributed by atoms with Gasteiger partial charge in [-0.15, -0.1) is 0 Å². The Hall–Kier alpha value is -0.610. The average molecular weight is 254 g/mol. The molecule has 0 aromatic rings. The highest BCUT2D eigenvalue weighted by atomic mass is 16.3. The molecule has 0 atom stereocenters. The monoisotopic (exact) mass is 254 g/mol. The molecule has 2 fully saturated rings. The fraction of sp³-hybridized carbons (Fsp3) is 0.929. The molecule has 1 saturated carbocycles. The fourth-order valence-electron chi connectivity index (χ4n) is 3.12. The van der Waals surface area contributed by atoms with Crippen LogP contribution in [0.3, 0.4) is 0 Å². The third-order valence-corrected chi connectivity index (χ3v) is 4.40. The molecule has 18 heavy (non-hydrogen) atoms. The van der Waals surface area contributed by atoms with Gasteiger partial charge in [0.2, 0.25) is 5.91 Å². The van der Waals surface area contributed by atoms with Crippen LogP contribution in [0.4, 0.5) is 0 Å². The number of nitrogens with one attached hydrogen (secondary N) is 2. The van der Waals surface area contributed by atoms with Crippen molar-refractivity contribution in [3.05, 3.63) is 0 Å². The van der Waals surface area contributed by atoms with Gasteiger partial charge in [0, 0.05) is 19.1 Å². The molecule has 0 spiro atoms. The maximum atomic E-state index is 11.9. The van der Waals surface area contributed by atoms with Crippen molar-refractivity contribution in [2.75, 3.05) is 19.7 Å². The van der Waals surface area contributed by atoms with E-state index < -0.39 is 0 Å². The van der Waals surface area contributed by atoms with Crippen LogP contribution in [-0.4, -0.2) is 36.8 Å².